The molecule has 0 fully saturated rings. The Labute approximate surface area is 275 Å². The molecular weight excluding hydrogens is 570 g/mol. The van der Waals surface area contributed by atoms with E-state index in [2.05, 4.69) is 90.7 Å². The molecule has 3 aromatic rings. The van der Waals surface area contributed by atoms with Crippen LogP contribution >= 0.6 is 0 Å². The Kier molecular flexibility index (Phi) is 12.9. The van der Waals surface area contributed by atoms with E-state index >= 15 is 0 Å². The van der Waals surface area contributed by atoms with Gasteiger partial charge in [-0.25, -0.2) is 15.0 Å². The van der Waals surface area contributed by atoms with Gasteiger partial charge in [-0.05, 0) is 71.9 Å². The first-order chi connectivity index (χ1) is 21.7. The van der Waals surface area contributed by atoms with E-state index in [1.54, 1.807) is 0 Å². The van der Waals surface area contributed by atoms with Crippen LogP contribution in [0.25, 0.3) is 0 Å². The third-order valence-electron chi connectivity index (χ3n) is 7.47. The summed E-state index contributed by atoms with van der Waals surface area (Å²) in [6.07, 6.45) is 3.56. The van der Waals surface area contributed by atoms with Crippen molar-refractivity contribution in [2.24, 2.45) is 59.7 Å². The molecule has 0 aliphatic heterocycles. The van der Waals surface area contributed by atoms with Crippen LogP contribution in [0.15, 0.2) is 105 Å². The van der Waals surface area contributed by atoms with Gasteiger partial charge < -0.3 is 27.8 Å². The van der Waals surface area contributed by atoms with Gasteiger partial charge in [0.15, 0.2) is 5.96 Å². The van der Waals surface area contributed by atoms with Crippen molar-refractivity contribution in [3.8, 4) is 0 Å². The van der Waals surface area contributed by atoms with Gasteiger partial charge in [-0.1, -0.05) is 102 Å². The van der Waals surface area contributed by atoms with Crippen LogP contribution in [0.3, 0.4) is 0 Å². The summed E-state index contributed by atoms with van der Waals surface area (Å²) >= 11 is 0. The summed E-state index contributed by atoms with van der Waals surface area (Å²) in [4.78, 5) is 19.8. The van der Waals surface area contributed by atoms with Gasteiger partial charge in [-0.3, -0.25) is 0 Å². The molecule has 1 unspecified atom stereocenters. The molecule has 246 valence electrons. The molecule has 46 heavy (non-hydrogen) atoms. The zero-order valence-electron chi connectivity index (χ0n) is 28.4. The van der Waals surface area contributed by atoms with Crippen molar-refractivity contribution >= 4 is 35.1 Å². The quantitative estimate of drug-likeness (QED) is 0.135. The Morgan fingerprint density at radius 1 is 0.630 bits per heavy atom. The Morgan fingerprint density at radius 2 is 1.11 bits per heavy atom. The van der Waals surface area contributed by atoms with Crippen LogP contribution in [-0.2, 0) is 13.0 Å². The summed E-state index contributed by atoms with van der Waals surface area (Å²) in [5.41, 5.74) is 29.4. The van der Waals surface area contributed by atoms with E-state index in [-0.39, 0.29) is 28.7 Å². The maximum absolute atomic E-state index is 6.57. The summed E-state index contributed by atoms with van der Waals surface area (Å²) < 4.78 is 0. The second kappa shape index (κ2) is 16.6. The van der Waals surface area contributed by atoms with Crippen molar-refractivity contribution in [3.05, 3.63) is 96.1 Å². The Hall–Kier alpha value is -4.66. The van der Waals surface area contributed by atoms with Crippen LogP contribution in [0.1, 0.15) is 71.9 Å². The number of guanidine groups is 3. The number of hydrogen-bond acceptors (Lipinski definition) is 2. The van der Waals surface area contributed by atoms with Crippen LogP contribution in [0, 0.1) is 16.7 Å². The highest BCUT2D eigenvalue weighted by molar-refractivity contribution is 5.96. The van der Waals surface area contributed by atoms with Gasteiger partial charge in [0.25, 0.3) is 0 Å². The van der Waals surface area contributed by atoms with Crippen LogP contribution in [0.5, 0.6) is 0 Å². The number of para-hydroxylation sites is 2. The fraction of sp³-hybridized carbons (Fsp3) is 0.405. The fourth-order valence-electron chi connectivity index (χ4n) is 4.72. The molecule has 1 atom stereocenters. The molecule has 9 nitrogen and oxygen atoms in total. The molecule has 0 saturated carbocycles. The highest BCUT2D eigenvalue weighted by atomic mass is 15.3. The number of amidine groups is 1. The van der Waals surface area contributed by atoms with Crippen molar-refractivity contribution in [2.75, 3.05) is 6.54 Å². The third kappa shape index (κ3) is 13.5. The van der Waals surface area contributed by atoms with Gasteiger partial charge in [0.2, 0.25) is 11.9 Å². The van der Waals surface area contributed by atoms with Crippen LogP contribution < -0.4 is 22.9 Å². The summed E-state index contributed by atoms with van der Waals surface area (Å²) in [5, 5.41) is 0. The third-order valence-corrected chi connectivity index (χ3v) is 7.47. The first kappa shape index (κ1) is 35.8. The summed E-state index contributed by atoms with van der Waals surface area (Å²) in [7, 11) is 0. The number of nitrogens with two attached hydrogens (primary N) is 4. The minimum absolute atomic E-state index is 0.0209. The first-order valence-corrected chi connectivity index (χ1v) is 16.0. The monoisotopic (exact) mass is 623 g/mol. The molecule has 0 aromatic heterocycles. The van der Waals surface area contributed by atoms with Crippen molar-refractivity contribution < 1.29 is 0 Å². The van der Waals surface area contributed by atoms with Crippen molar-refractivity contribution in [1.82, 2.24) is 4.90 Å². The summed E-state index contributed by atoms with van der Waals surface area (Å²) in [6.45, 7) is 14.7. The van der Waals surface area contributed by atoms with Gasteiger partial charge >= 0.3 is 0 Å². The predicted octanol–water partition coefficient (Wildman–Crippen LogP) is 6.87. The maximum atomic E-state index is 6.57. The van der Waals surface area contributed by atoms with Crippen LogP contribution in [-0.4, -0.2) is 35.2 Å². The van der Waals surface area contributed by atoms with Crippen molar-refractivity contribution in [1.29, 1.82) is 0 Å². The molecule has 0 amide bonds. The van der Waals surface area contributed by atoms with Gasteiger partial charge in [-0.15, -0.1) is 0 Å². The predicted molar refractivity (Wildman–Crippen MR) is 196 cm³/mol. The Morgan fingerprint density at radius 3 is 1.61 bits per heavy atom. The van der Waals surface area contributed by atoms with Gasteiger partial charge in [0.05, 0.1) is 11.4 Å². The highest BCUT2D eigenvalue weighted by Gasteiger charge is 2.20. The average molecular weight is 624 g/mol. The fourth-order valence-corrected chi connectivity index (χ4v) is 4.72. The number of aliphatic imine (C=N–C) groups is 4. The molecule has 8 N–H and O–H groups in total. The smallest absolute Gasteiger partial charge is 0.223 e. The molecule has 3 rings (SSSR count). The molecule has 0 bridgehead atoms. The maximum Gasteiger partial charge on any atom is 0.223 e. The SMILES string of the molecule is CC(C)(C)CCC(Cc1ccc(CN(CCC(C)(C)C)/C(N)=N/C(N)=Nc2ccccc2)cc1)/C(N)=N/C(N)=Nc1ccccc1. The standard InChI is InChI=1S/C37H53N9/c1-36(2,3)22-21-29(32(38)44-33(39)42-30-13-9-7-10-14-30)25-27-17-19-28(20-18-27)26-46(24-23-37(4,5)6)35(41)45-34(40)43-31-15-11-8-12-16-31/h7-20,29H,21-26H2,1-6H3,(H4,38,39,42,44)(H4,40,41,43,45). The number of nitrogens with zero attached hydrogens (tertiary/aromatic N) is 5. The lowest BCUT2D eigenvalue weighted by Gasteiger charge is -2.28. The van der Waals surface area contributed by atoms with E-state index in [0.717, 1.165) is 49.2 Å². The van der Waals surface area contributed by atoms with E-state index in [0.29, 0.717) is 18.3 Å². The molecule has 9 heteroatoms. The summed E-state index contributed by atoms with van der Waals surface area (Å²) in [6, 6.07) is 27.6. The van der Waals surface area contributed by atoms with E-state index in [1.165, 1.54) is 5.56 Å². The van der Waals surface area contributed by atoms with Crippen molar-refractivity contribution in [3.63, 3.8) is 0 Å². The zero-order valence-corrected chi connectivity index (χ0v) is 28.4. The Bertz CT molecular complexity index is 1360. The molecule has 0 heterocycles. The molecular formula is C37H53N9. The first-order valence-electron chi connectivity index (χ1n) is 16.0. The second-order valence-corrected chi connectivity index (χ2v) is 14.2. The molecule has 3 aromatic carbocycles. The minimum atomic E-state index is 0.0209. The van der Waals surface area contributed by atoms with Crippen LogP contribution in [0.4, 0.5) is 11.4 Å². The van der Waals surface area contributed by atoms with Gasteiger partial charge in [-0.2, -0.15) is 4.99 Å². The van der Waals surface area contributed by atoms with Gasteiger partial charge in [0, 0.05) is 19.0 Å². The molecule has 0 aliphatic rings. The number of rotatable bonds is 11. The number of benzene rings is 3. The van der Waals surface area contributed by atoms with Crippen molar-refractivity contribution in [2.45, 2.75) is 73.8 Å². The largest absolute Gasteiger partial charge is 0.387 e. The van der Waals surface area contributed by atoms with E-state index in [9.17, 15) is 0 Å². The lowest BCUT2D eigenvalue weighted by atomic mass is 9.84. The summed E-state index contributed by atoms with van der Waals surface area (Å²) in [5.74, 6) is 1.13. The lowest BCUT2D eigenvalue weighted by Crippen LogP contribution is -2.40. The minimum Gasteiger partial charge on any atom is -0.387 e. The van der Waals surface area contributed by atoms with Crippen LogP contribution in [0.2, 0.25) is 0 Å². The Balaban J connectivity index is 1.78. The number of hydrogen-bond donors (Lipinski definition) is 4. The molecule has 0 spiro atoms. The van der Waals surface area contributed by atoms with Gasteiger partial charge in [0.1, 0.15) is 5.84 Å². The highest BCUT2D eigenvalue weighted by Crippen LogP contribution is 2.26. The van der Waals surface area contributed by atoms with E-state index in [1.807, 2.05) is 60.7 Å². The van der Waals surface area contributed by atoms with E-state index in [4.69, 9.17) is 22.9 Å². The molecule has 0 radical (unpaired) electrons. The van der Waals surface area contributed by atoms with E-state index < -0.39 is 0 Å². The molecule has 0 aliphatic carbocycles. The average Bonchev–Trinajstić information content (AvgIpc) is 2.98. The zero-order chi connectivity index (χ0) is 33.7. The second-order valence-electron chi connectivity index (χ2n) is 14.2. The molecule has 0 saturated heterocycles. The topological polar surface area (TPSA) is 157 Å². The lowest BCUT2D eigenvalue weighted by molar-refractivity contribution is 0.300. The normalized spacial score (nSPS) is 14.3.